The van der Waals surface area contributed by atoms with E-state index in [1.807, 2.05) is 4.90 Å². The van der Waals surface area contributed by atoms with E-state index in [0.717, 1.165) is 11.4 Å². The lowest BCUT2D eigenvalue weighted by Gasteiger charge is -2.30. The first-order valence-electron chi connectivity index (χ1n) is 6.94. The second-order valence-electron chi connectivity index (χ2n) is 5.05. The van der Waals surface area contributed by atoms with Crippen molar-refractivity contribution in [2.75, 3.05) is 35.6 Å². The Morgan fingerprint density at radius 1 is 1.27 bits per heavy atom. The van der Waals surface area contributed by atoms with E-state index in [0.29, 0.717) is 24.5 Å². The first kappa shape index (κ1) is 14.2. The van der Waals surface area contributed by atoms with Gasteiger partial charge in [0.25, 0.3) is 0 Å². The summed E-state index contributed by atoms with van der Waals surface area (Å²) in [5.74, 6) is 0.201. The summed E-state index contributed by atoms with van der Waals surface area (Å²) in [6.45, 7) is 1.30. The molecule has 0 radical (unpaired) electrons. The molecule has 0 saturated heterocycles. The number of anilines is 3. The Kier molecular flexibility index (Phi) is 3.82. The maximum atomic E-state index is 12.9. The van der Waals surface area contributed by atoms with Gasteiger partial charge in [0, 0.05) is 11.4 Å². The van der Waals surface area contributed by atoms with Crippen molar-refractivity contribution in [3.05, 3.63) is 48.3 Å². The number of halogens is 1. The van der Waals surface area contributed by atoms with Crippen LogP contribution in [0.1, 0.15) is 0 Å². The van der Waals surface area contributed by atoms with Gasteiger partial charge < -0.3 is 20.7 Å². The molecule has 1 amide bonds. The largest absolute Gasteiger partial charge is 0.490 e. The fourth-order valence-electron chi connectivity index (χ4n) is 2.36. The van der Waals surface area contributed by atoms with Crippen LogP contribution >= 0.6 is 0 Å². The smallest absolute Gasteiger partial charge is 0.243 e. The third-order valence-corrected chi connectivity index (χ3v) is 3.40. The lowest BCUT2D eigenvalue weighted by molar-refractivity contribution is -0.115. The molecule has 0 atom stereocenters. The number of carbonyl (C=O) groups excluding carboxylic acids is 1. The van der Waals surface area contributed by atoms with Crippen LogP contribution in [0, 0.1) is 5.82 Å². The summed E-state index contributed by atoms with van der Waals surface area (Å²) >= 11 is 0. The Hall–Kier alpha value is -2.76. The number of hydrogen-bond donors (Lipinski definition) is 2. The summed E-state index contributed by atoms with van der Waals surface area (Å²) < 4.78 is 18.4. The number of amides is 1. The Morgan fingerprint density at radius 2 is 2.05 bits per heavy atom. The molecule has 2 aromatic carbocycles. The van der Waals surface area contributed by atoms with Crippen LogP contribution in [0.2, 0.25) is 0 Å². The van der Waals surface area contributed by atoms with Crippen LogP contribution in [0.15, 0.2) is 42.5 Å². The van der Waals surface area contributed by atoms with Crippen molar-refractivity contribution in [3.63, 3.8) is 0 Å². The highest BCUT2D eigenvalue weighted by atomic mass is 19.1. The molecule has 0 bridgehead atoms. The lowest BCUT2D eigenvalue weighted by Crippen LogP contribution is -2.38. The summed E-state index contributed by atoms with van der Waals surface area (Å²) in [5, 5.41) is 2.74. The average Bonchev–Trinajstić information content (AvgIpc) is 2.50. The minimum atomic E-state index is -0.337. The number of benzene rings is 2. The molecule has 1 aliphatic heterocycles. The molecule has 0 unspecified atom stereocenters. The van der Waals surface area contributed by atoms with Gasteiger partial charge in [-0.05, 0) is 42.5 Å². The molecule has 0 aromatic heterocycles. The molecule has 22 heavy (non-hydrogen) atoms. The topological polar surface area (TPSA) is 67.6 Å². The van der Waals surface area contributed by atoms with E-state index in [4.69, 9.17) is 10.5 Å². The summed E-state index contributed by atoms with van der Waals surface area (Å²) in [5.41, 5.74) is 7.78. The third kappa shape index (κ3) is 3.11. The third-order valence-electron chi connectivity index (χ3n) is 3.40. The van der Waals surface area contributed by atoms with E-state index >= 15 is 0 Å². The number of fused-ring (bicyclic) bond motifs is 1. The Bertz CT molecular complexity index is 688. The molecular formula is C16H16FN3O2. The van der Waals surface area contributed by atoms with Gasteiger partial charge in [-0.3, -0.25) is 4.79 Å². The minimum Gasteiger partial charge on any atom is -0.490 e. The number of nitrogen functional groups attached to an aromatic ring is 1. The normalized spacial score (nSPS) is 13.2. The lowest BCUT2D eigenvalue weighted by atomic mass is 10.2. The fourth-order valence-corrected chi connectivity index (χ4v) is 2.36. The van der Waals surface area contributed by atoms with Crippen molar-refractivity contribution in [2.24, 2.45) is 0 Å². The molecule has 3 rings (SSSR count). The van der Waals surface area contributed by atoms with Crippen LogP contribution in [0.5, 0.6) is 5.75 Å². The first-order chi connectivity index (χ1) is 10.6. The van der Waals surface area contributed by atoms with Gasteiger partial charge in [-0.15, -0.1) is 0 Å². The van der Waals surface area contributed by atoms with Crippen LogP contribution in [0.25, 0.3) is 0 Å². The van der Waals surface area contributed by atoms with Gasteiger partial charge in [-0.1, -0.05) is 0 Å². The molecule has 1 aliphatic rings. The Balaban J connectivity index is 1.70. The monoisotopic (exact) mass is 301 g/mol. The molecule has 3 N–H and O–H groups in total. The van der Waals surface area contributed by atoms with Crippen molar-refractivity contribution < 1.29 is 13.9 Å². The molecule has 0 spiro atoms. The Morgan fingerprint density at radius 3 is 2.82 bits per heavy atom. The van der Waals surface area contributed by atoms with Crippen LogP contribution in [-0.4, -0.2) is 25.6 Å². The molecule has 1 heterocycles. The van der Waals surface area contributed by atoms with Crippen molar-refractivity contribution in [3.8, 4) is 5.75 Å². The fraction of sp³-hybridized carbons (Fsp3) is 0.188. The number of nitrogens with one attached hydrogen (secondary N) is 1. The molecule has 0 aliphatic carbocycles. The van der Waals surface area contributed by atoms with Crippen LogP contribution in [0.4, 0.5) is 21.5 Å². The predicted molar refractivity (Wildman–Crippen MR) is 83.6 cm³/mol. The maximum absolute atomic E-state index is 12.9. The second-order valence-corrected chi connectivity index (χ2v) is 5.05. The van der Waals surface area contributed by atoms with E-state index in [1.54, 1.807) is 18.2 Å². The van der Waals surface area contributed by atoms with Gasteiger partial charge in [0.2, 0.25) is 5.91 Å². The Labute approximate surface area is 127 Å². The van der Waals surface area contributed by atoms with Crippen molar-refractivity contribution >= 4 is 23.0 Å². The van der Waals surface area contributed by atoms with Gasteiger partial charge in [0.15, 0.2) is 0 Å². The zero-order valence-corrected chi connectivity index (χ0v) is 11.9. The number of carbonyl (C=O) groups is 1. The van der Waals surface area contributed by atoms with Crippen molar-refractivity contribution in [1.29, 1.82) is 0 Å². The van der Waals surface area contributed by atoms with E-state index in [9.17, 15) is 9.18 Å². The number of nitrogens with two attached hydrogens (primary N) is 1. The quantitative estimate of drug-likeness (QED) is 0.853. The van der Waals surface area contributed by atoms with Crippen molar-refractivity contribution in [2.45, 2.75) is 0 Å². The second kappa shape index (κ2) is 5.93. The van der Waals surface area contributed by atoms with Gasteiger partial charge >= 0.3 is 0 Å². The standard InChI is InChI=1S/C16H16FN3O2/c17-11-1-4-13(5-2-11)19-16(21)10-20-7-8-22-15-6-3-12(18)9-14(15)20/h1-6,9H,7-8,10,18H2,(H,19,21). The highest BCUT2D eigenvalue weighted by Crippen LogP contribution is 2.33. The molecule has 114 valence electrons. The average molecular weight is 301 g/mol. The maximum Gasteiger partial charge on any atom is 0.243 e. The minimum absolute atomic E-state index is 0.178. The summed E-state index contributed by atoms with van der Waals surface area (Å²) in [7, 11) is 0. The molecule has 5 nitrogen and oxygen atoms in total. The van der Waals surface area contributed by atoms with Crippen LogP contribution in [-0.2, 0) is 4.79 Å². The summed E-state index contributed by atoms with van der Waals surface area (Å²) in [6, 6.07) is 11.0. The van der Waals surface area contributed by atoms with Crippen molar-refractivity contribution in [1.82, 2.24) is 0 Å². The number of hydrogen-bond acceptors (Lipinski definition) is 4. The van der Waals surface area contributed by atoms with Gasteiger partial charge in [-0.25, -0.2) is 4.39 Å². The van der Waals surface area contributed by atoms with E-state index in [1.165, 1.54) is 24.3 Å². The summed E-state index contributed by atoms with van der Waals surface area (Å²) in [6.07, 6.45) is 0. The molecule has 2 aromatic rings. The molecular weight excluding hydrogens is 285 g/mol. The zero-order chi connectivity index (χ0) is 15.5. The molecule has 0 saturated carbocycles. The predicted octanol–water partition coefficient (Wildman–Crippen LogP) is 2.25. The van der Waals surface area contributed by atoms with Gasteiger partial charge in [-0.2, -0.15) is 0 Å². The number of rotatable bonds is 3. The van der Waals surface area contributed by atoms with Crippen LogP contribution < -0.4 is 20.7 Å². The number of ether oxygens (including phenoxy) is 1. The highest BCUT2D eigenvalue weighted by molar-refractivity contribution is 5.94. The van der Waals surface area contributed by atoms with Gasteiger partial charge in [0.05, 0.1) is 18.8 Å². The van der Waals surface area contributed by atoms with E-state index < -0.39 is 0 Å². The molecule has 0 fully saturated rings. The SMILES string of the molecule is Nc1ccc2c(c1)N(CC(=O)Nc1ccc(F)cc1)CCO2. The summed E-state index contributed by atoms with van der Waals surface area (Å²) in [4.78, 5) is 14.1. The van der Waals surface area contributed by atoms with E-state index in [-0.39, 0.29) is 18.3 Å². The van der Waals surface area contributed by atoms with E-state index in [2.05, 4.69) is 5.32 Å². The first-order valence-corrected chi connectivity index (χ1v) is 6.94. The van der Waals surface area contributed by atoms with Gasteiger partial charge in [0.1, 0.15) is 18.2 Å². The van der Waals surface area contributed by atoms with Crippen LogP contribution in [0.3, 0.4) is 0 Å². The molecule has 6 heteroatoms. The number of nitrogens with zero attached hydrogens (tertiary/aromatic N) is 1. The zero-order valence-electron chi connectivity index (χ0n) is 11.9. The highest BCUT2D eigenvalue weighted by Gasteiger charge is 2.20.